The lowest BCUT2D eigenvalue weighted by atomic mass is 10.1. The summed E-state index contributed by atoms with van der Waals surface area (Å²) in [7, 11) is 1.63. The van der Waals surface area contributed by atoms with E-state index >= 15 is 0 Å². The number of carbonyl (C=O) groups excluding carboxylic acids is 2. The normalized spacial score (nSPS) is 15.3. The number of aromatic nitrogens is 1. The van der Waals surface area contributed by atoms with Gasteiger partial charge in [-0.05, 0) is 79.2 Å². The SMILES string of the molecule is CCc1ccccc1N1C(=O)/C(=C\c2cc(C)n(-c3ccc(OC)cc3)c2)C(=O)NC1=S. The molecule has 0 bridgehead atoms. The van der Waals surface area contributed by atoms with Crippen LogP contribution in [0.25, 0.3) is 11.8 Å². The van der Waals surface area contributed by atoms with Gasteiger partial charge in [0.05, 0.1) is 12.8 Å². The highest BCUT2D eigenvalue weighted by molar-refractivity contribution is 7.80. The Hall–Kier alpha value is -3.71. The van der Waals surface area contributed by atoms with E-state index in [1.54, 1.807) is 13.2 Å². The predicted octanol–water partition coefficient (Wildman–Crippen LogP) is 4.19. The molecule has 3 aromatic rings. The molecule has 2 heterocycles. The van der Waals surface area contributed by atoms with Gasteiger partial charge in [0, 0.05) is 17.6 Å². The van der Waals surface area contributed by atoms with Crippen molar-refractivity contribution >= 4 is 40.9 Å². The lowest BCUT2D eigenvalue weighted by Crippen LogP contribution is -2.54. The summed E-state index contributed by atoms with van der Waals surface area (Å²) >= 11 is 5.33. The van der Waals surface area contributed by atoms with Crippen LogP contribution in [0.1, 0.15) is 23.7 Å². The Bertz CT molecular complexity index is 1240. The van der Waals surface area contributed by atoms with Crippen molar-refractivity contribution in [1.82, 2.24) is 9.88 Å². The van der Waals surface area contributed by atoms with E-state index in [2.05, 4.69) is 5.32 Å². The van der Waals surface area contributed by atoms with E-state index in [0.29, 0.717) is 5.69 Å². The van der Waals surface area contributed by atoms with Gasteiger partial charge in [0.15, 0.2) is 5.11 Å². The topological polar surface area (TPSA) is 63.6 Å². The maximum absolute atomic E-state index is 13.3. The van der Waals surface area contributed by atoms with Crippen molar-refractivity contribution in [1.29, 1.82) is 0 Å². The van der Waals surface area contributed by atoms with Crippen LogP contribution in [0.2, 0.25) is 0 Å². The molecular formula is C25H23N3O3S. The molecule has 6 nitrogen and oxygen atoms in total. The first-order valence-electron chi connectivity index (χ1n) is 10.3. The number of nitrogens with one attached hydrogen (secondary N) is 1. The Balaban J connectivity index is 1.71. The van der Waals surface area contributed by atoms with Crippen LogP contribution in [0, 0.1) is 6.92 Å². The Labute approximate surface area is 192 Å². The van der Waals surface area contributed by atoms with Gasteiger partial charge in [0.2, 0.25) is 0 Å². The van der Waals surface area contributed by atoms with Crippen molar-refractivity contribution in [3.05, 3.63) is 83.2 Å². The summed E-state index contributed by atoms with van der Waals surface area (Å²) in [5.41, 5.74) is 4.36. The fourth-order valence-corrected chi connectivity index (χ4v) is 4.04. The number of benzene rings is 2. The van der Waals surface area contributed by atoms with Crippen LogP contribution >= 0.6 is 12.2 Å². The summed E-state index contributed by atoms with van der Waals surface area (Å²) in [6.07, 6.45) is 4.23. The maximum atomic E-state index is 13.3. The fourth-order valence-electron chi connectivity index (χ4n) is 3.77. The molecule has 0 saturated carbocycles. The molecule has 0 radical (unpaired) electrons. The largest absolute Gasteiger partial charge is 0.497 e. The monoisotopic (exact) mass is 445 g/mol. The zero-order valence-corrected chi connectivity index (χ0v) is 18.9. The second-order valence-electron chi connectivity index (χ2n) is 7.42. The van der Waals surface area contributed by atoms with E-state index in [9.17, 15) is 9.59 Å². The molecule has 2 amide bonds. The number of hydrogen-bond donors (Lipinski definition) is 1. The highest BCUT2D eigenvalue weighted by Crippen LogP contribution is 2.27. The van der Waals surface area contributed by atoms with Gasteiger partial charge in [-0.3, -0.25) is 19.8 Å². The van der Waals surface area contributed by atoms with Gasteiger partial charge in [0.25, 0.3) is 11.8 Å². The van der Waals surface area contributed by atoms with Gasteiger partial charge >= 0.3 is 0 Å². The molecule has 1 N–H and O–H groups in total. The minimum Gasteiger partial charge on any atom is -0.497 e. The number of hydrogen-bond acceptors (Lipinski definition) is 4. The van der Waals surface area contributed by atoms with Crippen LogP contribution in [0.3, 0.4) is 0 Å². The third-order valence-corrected chi connectivity index (χ3v) is 5.70. The van der Waals surface area contributed by atoms with Gasteiger partial charge in [-0.1, -0.05) is 25.1 Å². The number of rotatable bonds is 5. The molecule has 7 heteroatoms. The zero-order valence-electron chi connectivity index (χ0n) is 18.1. The molecule has 1 fully saturated rings. The van der Waals surface area contributed by atoms with Crippen LogP contribution in [0.5, 0.6) is 5.75 Å². The minimum absolute atomic E-state index is 0.0383. The van der Waals surface area contributed by atoms with E-state index in [0.717, 1.165) is 34.7 Å². The number of anilines is 1. The molecule has 1 aromatic heterocycles. The highest BCUT2D eigenvalue weighted by atomic mass is 32.1. The highest BCUT2D eigenvalue weighted by Gasteiger charge is 2.35. The van der Waals surface area contributed by atoms with Gasteiger partial charge < -0.3 is 9.30 Å². The van der Waals surface area contributed by atoms with Crippen molar-refractivity contribution in [3.8, 4) is 11.4 Å². The number of aryl methyl sites for hydroxylation is 2. The molecule has 2 aromatic carbocycles. The van der Waals surface area contributed by atoms with Crippen molar-refractivity contribution in [2.24, 2.45) is 0 Å². The molecule has 32 heavy (non-hydrogen) atoms. The Kier molecular flexibility index (Phi) is 5.92. The average molecular weight is 446 g/mol. The molecule has 1 aliphatic heterocycles. The summed E-state index contributed by atoms with van der Waals surface area (Å²) < 4.78 is 7.21. The van der Waals surface area contributed by atoms with Crippen molar-refractivity contribution < 1.29 is 14.3 Å². The van der Waals surface area contributed by atoms with Gasteiger partial charge in [-0.15, -0.1) is 0 Å². The third kappa shape index (κ3) is 3.94. The second-order valence-corrected chi connectivity index (χ2v) is 7.81. The molecule has 0 unspecified atom stereocenters. The number of thiocarbonyl (C=S) groups is 1. The van der Waals surface area contributed by atoms with Gasteiger partial charge in [-0.25, -0.2) is 0 Å². The minimum atomic E-state index is -0.500. The molecule has 0 atom stereocenters. The van der Waals surface area contributed by atoms with Crippen LogP contribution in [-0.2, 0) is 16.0 Å². The summed E-state index contributed by atoms with van der Waals surface area (Å²) in [5, 5.41) is 2.74. The smallest absolute Gasteiger partial charge is 0.270 e. The van der Waals surface area contributed by atoms with Crippen LogP contribution in [0.4, 0.5) is 5.69 Å². The first kappa shape index (κ1) is 21.5. The first-order valence-corrected chi connectivity index (χ1v) is 10.7. The number of methoxy groups -OCH3 is 1. The van der Waals surface area contributed by atoms with E-state index in [1.807, 2.05) is 79.2 Å². The van der Waals surface area contributed by atoms with E-state index in [-0.39, 0.29) is 10.7 Å². The van der Waals surface area contributed by atoms with Crippen molar-refractivity contribution in [2.75, 3.05) is 12.0 Å². The summed E-state index contributed by atoms with van der Waals surface area (Å²) in [4.78, 5) is 27.4. The van der Waals surface area contributed by atoms with Crippen molar-refractivity contribution in [3.63, 3.8) is 0 Å². The molecule has 1 saturated heterocycles. The van der Waals surface area contributed by atoms with Crippen LogP contribution in [0.15, 0.2) is 66.4 Å². The molecule has 4 rings (SSSR count). The Morgan fingerprint density at radius 2 is 1.81 bits per heavy atom. The quantitative estimate of drug-likeness (QED) is 0.363. The Morgan fingerprint density at radius 3 is 2.50 bits per heavy atom. The molecule has 0 aliphatic carbocycles. The summed E-state index contributed by atoms with van der Waals surface area (Å²) in [6, 6.07) is 17.1. The lowest BCUT2D eigenvalue weighted by Gasteiger charge is -2.30. The number of ether oxygens (including phenoxy) is 1. The van der Waals surface area contributed by atoms with E-state index < -0.39 is 11.8 Å². The lowest BCUT2D eigenvalue weighted by molar-refractivity contribution is -0.122. The molecular weight excluding hydrogens is 422 g/mol. The second kappa shape index (κ2) is 8.80. The zero-order chi connectivity index (χ0) is 22.8. The third-order valence-electron chi connectivity index (χ3n) is 5.41. The maximum Gasteiger partial charge on any atom is 0.270 e. The van der Waals surface area contributed by atoms with Crippen LogP contribution < -0.4 is 15.0 Å². The van der Waals surface area contributed by atoms with Crippen LogP contribution in [-0.4, -0.2) is 28.6 Å². The predicted molar refractivity (Wildman–Crippen MR) is 129 cm³/mol. The summed E-state index contributed by atoms with van der Waals surface area (Å²) in [5.74, 6) is -0.164. The number of carbonyl (C=O) groups is 2. The summed E-state index contributed by atoms with van der Waals surface area (Å²) in [6.45, 7) is 3.98. The number of para-hydroxylation sites is 1. The van der Waals surface area contributed by atoms with Gasteiger partial charge in [-0.2, -0.15) is 0 Å². The van der Waals surface area contributed by atoms with E-state index in [4.69, 9.17) is 17.0 Å². The van der Waals surface area contributed by atoms with Gasteiger partial charge in [0.1, 0.15) is 11.3 Å². The molecule has 1 aliphatic rings. The standard InChI is InChI=1S/C25H23N3O3S/c1-4-18-7-5-6-8-22(18)28-24(30)21(23(29)26-25(28)32)14-17-13-16(2)27(15-17)19-9-11-20(31-3)12-10-19/h5-15H,4H2,1-3H3,(H,26,29,32)/b21-14-. The number of amides is 2. The molecule has 162 valence electrons. The fraction of sp³-hybridized carbons (Fsp3) is 0.160. The van der Waals surface area contributed by atoms with Crippen molar-refractivity contribution in [2.45, 2.75) is 20.3 Å². The van der Waals surface area contributed by atoms with E-state index in [1.165, 1.54) is 4.90 Å². The number of nitrogens with zero attached hydrogens (tertiary/aromatic N) is 2. The average Bonchev–Trinajstić information content (AvgIpc) is 3.17. The first-order chi connectivity index (χ1) is 15.4. The molecule has 0 spiro atoms. The Morgan fingerprint density at radius 1 is 1.09 bits per heavy atom.